The Morgan fingerprint density at radius 3 is 2.85 bits per heavy atom. The van der Waals surface area contributed by atoms with Crippen LogP contribution in [0.2, 0.25) is 0 Å². The molecule has 0 heterocycles. The van der Waals surface area contributed by atoms with Crippen LogP contribution in [0.3, 0.4) is 0 Å². The molecule has 0 aliphatic rings. The van der Waals surface area contributed by atoms with Gasteiger partial charge in [0.15, 0.2) is 0 Å². The highest BCUT2D eigenvalue weighted by molar-refractivity contribution is 14.1. The Balaban J connectivity index is 2.78. The first-order valence-corrected chi connectivity index (χ1v) is 5.38. The summed E-state index contributed by atoms with van der Waals surface area (Å²) in [5.74, 6) is 0.869. The van der Waals surface area contributed by atoms with Crippen LogP contribution >= 0.6 is 22.6 Å². The lowest BCUT2D eigenvalue weighted by Crippen LogP contribution is -1.97. The zero-order chi connectivity index (χ0) is 9.68. The Morgan fingerprint density at radius 2 is 2.23 bits per heavy atom. The van der Waals surface area contributed by atoms with Crippen LogP contribution in [-0.4, -0.2) is 11.7 Å². The van der Waals surface area contributed by atoms with Crippen molar-refractivity contribution in [2.45, 2.75) is 20.0 Å². The molecule has 0 aliphatic carbocycles. The third-order valence-corrected chi connectivity index (χ3v) is 2.53. The molecule has 1 aromatic rings. The monoisotopic (exact) mass is 292 g/mol. The van der Waals surface area contributed by atoms with Gasteiger partial charge in [0.1, 0.15) is 5.75 Å². The number of halogens is 1. The van der Waals surface area contributed by atoms with Crippen molar-refractivity contribution in [1.82, 2.24) is 0 Å². The fourth-order valence-corrected chi connectivity index (χ4v) is 1.46. The highest BCUT2D eigenvalue weighted by Gasteiger charge is 2.01. The minimum atomic E-state index is 0.0689. The van der Waals surface area contributed by atoms with Gasteiger partial charge in [0.2, 0.25) is 0 Å². The summed E-state index contributed by atoms with van der Waals surface area (Å²) in [6.07, 6.45) is 0.999. The highest BCUT2D eigenvalue weighted by Crippen LogP contribution is 2.22. The van der Waals surface area contributed by atoms with Gasteiger partial charge in [-0.25, -0.2) is 0 Å². The van der Waals surface area contributed by atoms with Gasteiger partial charge in [-0.05, 0) is 46.7 Å². The first-order chi connectivity index (χ1) is 6.27. The van der Waals surface area contributed by atoms with Crippen LogP contribution in [0, 0.1) is 3.57 Å². The van der Waals surface area contributed by atoms with Gasteiger partial charge in [0.05, 0.1) is 16.8 Å². The molecule has 0 amide bonds. The Labute approximate surface area is 92.1 Å². The van der Waals surface area contributed by atoms with Crippen LogP contribution in [0.15, 0.2) is 18.2 Å². The smallest absolute Gasteiger partial charge is 0.132 e. The lowest BCUT2D eigenvalue weighted by Gasteiger charge is -2.07. The molecule has 0 aromatic heterocycles. The van der Waals surface area contributed by atoms with Crippen LogP contribution < -0.4 is 4.74 Å². The van der Waals surface area contributed by atoms with Crippen molar-refractivity contribution in [2.24, 2.45) is 0 Å². The van der Waals surface area contributed by atoms with Gasteiger partial charge in [0.25, 0.3) is 0 Å². The van der Waals surface area contributed by atoms with Crippen molar-refractivity contribution in [1.29, 1.82) is 0 Å². The molecule has 0 saturated heterocycles. The summed E-state index contributed by atoms with van der Waals surface area (Å²) >= 11 is 2.23. The quantitative estimate of drug-likeness (QED) is 0.864. The van der Waals surface area contributed by atoms with Gasteiger partial charge in [-0.1, -0.05) is 13.0 Å². The number of hydrogen-bond acceptors (Lipinski definition) is 2. The Hall–Kier alpha value is -0.290. The summed E-state index contributed by atoms with van der Waals surface area (Å²) in [6.45, 7) is 2.87. The van der Waals surface area contributed by atoms with Crippen molar-refractivity contribution in [3.8, 4) is 5.75 Å². The number of aliphatic hydroxyl groups excluding tert-OH is 1. The third-order valence-electron chi connectivity index (χ3n) is 1.64. The van der Waals surface area contributed by atoms with Crippen LogP contribution in [0.4, 0.5) is 0 Å². The number of benzene rings is 1. The second-order valence-corrected chi connectivity index (χ2v) is 3.93. The molecule has 1 N–H and O–H groups in total. The lowest BCUT2D eigenvalue weighted by atomic mass is 10.2. The Kier molecular flexibility index (Phi) is 4.52. The first-order valence-electron chi connectivity index (χ1n) is 4.30. The normalized spacial score (nSPS) is 10.1. The van der Waals surface area contributed by atoms with E-state index >= 15 is 0 Å². The largest absolute Gasteiger partial charge is 0.492 e. The minimum absolute atomic E-state index is 0.0689. The molecule has 3 heteroatoms. The van der Waals surface area contributed by atoms with E-state index < -0.39 is 0 Å². The van der Waals surface area contributed by atoms with E-state index in [4.69, 9.17) is 9.84 Å². The first kappa shape index (κ1) is 10.8. The molecule has 72 valence electrons. The second-order valence-electron chi connectivity index (χ2n) is 2.77. The van der Waals surface area contributed by atoms with Gasteiger partial charge in [-0.2, -0.15) is 0 Å². The summed E-state index contributed by atoms with van der Waals surface area (Å²) in [5, 5.41) is 8.92. The summed E-state index contributed by atoms with van der Waals surface area (Å²) in [7, 11) is 0. The summed E-state index contributed by atoms with van der Waals surface area (Å²) in [5.41, 5.74) is 0.895. The third kappa shape index (κ3) is 3.15. The van der Waals surface area contributed by atoms with E-state index in [9.17, 15) is 0 Å². The summed E-state index contributed by atoms with van der Waals surface area (Å²) in [6, 6.07) is 5.75. The lowest BCUT2D eigenvalue weighted by molar-refractivity contribution is 0.279. The van der Waals surface area contributed by atoms with E-state index in [0.717, 1.165) is 27.9 Å². The molecule has 1 rings (SSSR count). The molecular weight excluding hydrogens is 279 g/mol. The molecule has 2 nitrogen and oxygen atoms in total. The fraction of sp³-hybridized carbons (Fsp3) is 0.400. The molecular formula is C10H13IO2. The predicted octanol–water partition coefficient (Wildman–Crippen LogP) is 2.57. The molecule has 0 saturated carbocycles. The van der Waals surface area contributed by atoms with Gasteiger partial charge < -0.3 is 9.84 Å². The average molecular weight is 292 g/mol. The number of ether oxygens (including phenoxy) is 1. The van der Waals surface area contributed by atoms with Crippen molar-refractivity contribution >= 4 is 22.6 Å². The van der Waals surface area contributed by atoms with E-state index in [1.54, 1.807) is 0 Å². The molecule has 0 fully saturated rings. The number of aliphatic hydroxyl groups is 1. The molecule has 0 radical (unpaired) electrons. The van der Waals surface area contributed by atoms with Gasteiger partial charge in [-0.15, -0.1) is 0 Å². The SMILES string of the molecule is CCCOc1cc(CO)ccc1I. The summed E-state index contributed by atoms with van der Waals surface area (Å²) < 4.78 is 6.60. The van der Waals surface area contributed by atoms with Gasteiger partial charge >= 0.3 is 0 Å². The predicted molar refractivity (Wildman–Crippen MR) is 60.9 cm³/mol. The van der Waals surface area contributed by atoms with Crippen molar-refractivity contribution in [3.63, 3.8) is 0 Å². The molecule has 1 aromatic carbocycles. The average Bonchev–Trinajstić information content (AvgIpc) is 2.17. The molecule has 0 unspecified atom stereocenters. The highest BCUT2D eigenvalue weighted by atomic mass is 127. The second kappa shape index (κ2) is 5.44. The topological polar surface area (TPSA) is 29.5 Å². The maximum atomic E-state index is 8.92. The Morgan fingerprint density at radius 1 is 1.46 bits per heavy atom. The summed E-state index contributed by atoms with van der Waals surface area (Å²) in [4.78, 5) is 0. The number of rotatable bonds is 4. The molecule has 13 heavy (non-hydrogen) atoms. The van der Waals surface area contributed by atoms with E-state index in [1.165, 1.54) is 0 Å². The minimum Gasteiger partial charge on any atom is -0.492 e. The zero-order valence-electron chi connectivity index (χ0n) is 7.59. The fourth-order valence-electron chi connectivity index (χ4n) is 0.969. The van der Waals surface area contributed by atoms with Crippen LogP contribution in [0.25, 0.3) is 0 Å². The van der Waals surface area contributed by atoms with Gasteiger partial charge in [0, 0.05) is 0 Å². The van der Waals surface area contributed by atoms with E-state index in [2.05, 4.69) is 29.5 Å². The number of hydrogen-bond donors (Lipinski definition) is 1. The van der Waals surface area contributed by atoms with Crippen molar-refractivity contribution in [3.05, 3.63) is 27.3 Å². The standard InChI is InChI=1S/C10H13IO2/c1-2-5-13-10-6-8(7-12)3-4-9(10)11/h3-4,6,12H,2,5,7H2,1H3. The maximum Gasteiger partial charge on any atom is 0.132 e. The zero-order valence-corrected chi connectivity index (χ0v) is 9.74. The Bertz CT molecular complexity index is 274. The van der Waals surface area contributed by atoms with Crippen LogP contribution in [-0.2, 0) is 6.61 Å². The molecule has 0 bridgehead atoms. The van der Waals surface area contributed by atoms with E-state index in [-0.39, 0.29) is 6.61 Å². The van der Waals surface area contributed by atoms with Gasteiger partial charge in [-0.3, -0.25) is 0 Å². The van der Waals surface area contributed by atoms with Crippen molar-refractivity contribution < 1.29 is 9.84 Å². The van der Waals surface area contributed by atoms with E-state index in [0.29, 0.717) is 0 Å². The van der Waals surface area contributed by atoms with Crippen molar-refractivity contribution in [2.75, 3.05) is 6.61 Å². The maximum absolute atomic E-state index is 8.92. The molecule has 0 spiro atoms. The van der Waals surface area contributed by atoms with Crippen LogP contribution in [0.1, 0.15) is 18.9 Å². The molecule has 0 atom stereocenters. The molecule has 0 aliphatic heterocycles. The van der Waals surface area contributed by atoms with E-state index in [1.807, 2.05) is 18.2 Å². The van der Waals surface area contributed by atoms with Crippen LogP contribution in [0.5, 0.6) is 5.75 Å².